The van der Waals surface area contributed by atoms with E-state index >= 15 is 0 Å². The Bertz CT molecular complexity index is 1030. The lowest BCUT2D eigenvalue weighted by molar-refractivity contribution is 0.103. The van der Waals surface area contributed by atoms with Gasteiger partial charge < -0.3 is 9.47 Å². The number of ether oxygens (including phenoxy) is 2. The number of ketones is 1. The quantitative estimate of drug-likeness (QED) is 0.569. The van der Waals surface area contributed by atoms with E-state index in [-0.39, 0.29) is 5.78 Å². The van der Waals surface area contributed by atoms with Crippen LogP contribution in [0.15, 0.2) is 78.4 Å². The second-order valence-electron chi connectivity index (χ2n) is 6.80. The molecule has 1 aliphatic carbocycles. The van der Waals surface area contributed by atoms with Crippen molar-refractivity contribution in [1.29, 1.82) is 0 Å². The number of carbonyl (C=O) groups excluding carboxylic acids is 1. The van der Waals surface area contributed by atoms with E-state index in [0.717, 1.165) is 40.2 Å². The molecule has 3 aromatic rings. The molecule has 28 heavy (non-hydrogen) atoms. The minimum Gasteiger partial charge on any atom is -0.497 e. The summed E-state index contributed by atoms with van der Waals surface area (Å²) in [6.07, 6.45) is 1.52. The van der Waals surface area contributed by atoms with Crippen molar-refractivity contribution in [3.63, 3.8) is 0 Å². The number of methoxy groups -OCH3 is 2. The van der Waals surface area contributed by atoms with Gasteiger partial charge in [0.25, 0.3) is 0 Å². The van der Waals surface area contributed by atoms with Gasteiger partial charge in [0.2, 0.25) is 0 Å². The van der Waals surface area contributed by atoms with E-state index in [2.05, 4.69) is 24.3 Å². The van der Waals surface area contributed by atoms with Crippen LogP contribution in [-0.4, -0.2) is 20.0 Å². The van der Waals surface area contributed by atoms with Crippen LogP contribution < -0.4 is 9.47 Å². The van der Waals surface area contributed by atoms with Gasteiger partial charge in [-0.3, -0.25) is 4.79 Å². The Morgan fingerprint density at radius 3 is 2.14 bits per heavy atom. The number of hydrogen-bond donors (Lipinski definition) is 0. The Morgan fingerprint density at radius 2 is 1.46 bits per heavy atom. The number of rotatable bonds is 5. The minimum absolute atomic E-state index is 0.0722. The molecule has 0 saturated carbocycles. The molecule has 0 heterocycles. The average Bonchev–Trinajstić information content (AvgIpc) is 2.78. The summed E-state index contributed by atoms with van der Waals surface area (Å²) in [6, 6.07) is 23.6. The van der Waals surface area contributed by atoms with Crippen LogP contribution in [0, 0.1) is 0 Å². The van der Waals surface area contributed by atoms with Gasteiger partial charge in [0.1, 0.15) is 11.5 Å². The third kappa shape index (κ3) is 3.31. The van der Waals surface area contributed by atoms with Gasteiger partial charge >= 0.3 is 0 Å². The van der Waals surface area contributed by atoms with Crippen molar-refractivity contribution in [2.75, 3.05) is 14.2 Å². The monoisotopic (exact) mass is 370 g/mol. The number of hydrogen-bond acceptors (Lipinski definition) is 3. The van der Waals surface area contributed by atoms with Gasteiger partial charge in [-0.2, -0.15) is 0 Å². The molecule has 1 aliphatic rings. The Balaban J connectivity index is 1.87. The molecule has 0 spiro atoms. The second kappa shape index (κ2) is 7.73. The molecule has 0 aromatic heterocycles. The predicted molar refractivity (Wildman–Crippen MR) is 111 cm³/mol. The van der Waals surface area contributed by atoms with Crippen molar-refractivity contribution >= 4 is 11.4 Å². The number of aryl methyl sites for hydroxylation is 1. The first-order valence-corrected chi connectivity index (χ1v) is 9.36. The fraction of sp³-hybridized carbons (Fsp3) is 0.160. The number of allylic oxidation sites excluding steroid dienone is 1. The summed E-state index contributed by atoms with van der Waals surface area (Å²) in [5, 5.41) is 0. The van der Waals surface area contributed by atoms with E-state index in [1.54, 1.807) is 14.2 Å². The van der Waals surface area contributed by atoms with Crippen LogP contribution in [0.2, 0.25) is 0 Å². The lowest BCUT2D eigenvalue weighted by atomic mass is 9.79. The van der Waals surface area contributed by atoms with Crippen molar-refractivity contribution in [2.45, 2.75) is 12.8 Å². The molecule has 140 valence electrons. The Labute approximate surface area is 165 Å². The number of fused-ring (bicyclic) bond motifs is 1. The third-order valence-electron chi connectivity index (χ3n) is 5.22. The molecule has 0 radical (unpaired) electrons. The van der Waals surface area contributed by atoms with Crippen LogP contribution in [0.1, 0.15) is 33.5 Å². The molecule has 0 N–H and O–H groups in total. The van der Waals surface area contributed by atoms with Crippen LogP contribution in [0.5, 0.6) is 11.5 Å². The van der Waals surface area contributed by atoms with Crippen molar-refractivity contribution < 1.29 is 14.3 Å². The minimum atomic E-state index is 0.0722. The van der Waals surface area contributed by atoms with Crippen molar-refractivity contribution in [2.24, 2.45) is 0 Å². The smallest absolute Gasteiger partial charge is 0.189 e. The predicted octanol–water partition coefficient (Wildman–Crippen LogP) is 5.33. The highest BCUT2D eigenvalue weighted by molar-refractivity contribution is 6.15. The molecule has 3 nitrogen and oxygen atoms in total. The maximum absolute atomic E-state index is 13.4. The van der Waals surface area contributed by atoms with Crippen molar-refractivity contribution in [3.05, 3.63) is 101 Å². The molecule has 0 aliphatic heterocycles. The highest BCUT2D eigenvalue weighted by atomic mass is 16.5. The molecule has 0 bridgehead atoms. The zero-order chi connectivity index (χ0) is 19.5. The highest BCUT2D eigenvalue weighted by Crippen LogP contribution is 2.38. The first-order chi connectivity index (χ1) is 13.7. The largest absolute Gasteiger partial charge is 0.497 e. The Hall–Kier alpha value is -3.33. The Kier molecular flexibility index (Phi) is 4.98. The van der Waals surface area contributed by atoms with E-state index in [9.17, 15) is 4.79 Å². The molecule has 3 heteroatoms. The van der Waals surface area contributed by atoms with Crippen LogP contribution in [0.25, 0.3) is 5.57 Å². The molecule has 3 aromatic carbocycles. The lowest BCUT2D eigenvalue weighted by Gasteiger charge is -2.24. The molecule has 0 atom stereocenters. The number of Topliss-reactive ketones (excluding diaryl/α,β-unsaturated/α-hetero) is 1. The molecule has 0 unspecified atom stereocenters. The molecular weight excluding hydrogens is 348 g/mol. The first kappa shape index (κ1) is 18.1. The number of benzene rings is 3. The normalized spacial score (nSPS) is 13.1. The molecule has 0 amide bonds. The van der Waals surface area contributed by atoms with Gasteiger partial charge in [-0.05, 0) is 71.5 Å². The van der Waals surface area contributed by atoms with E-state index in [0.29, 0.717) is 12.0 Å². The summed E-state index contributed by atoms with van der Waals surface area (Å²) < 4.78 is 10.6. The zero-order valence-corrected chi connectivity index (χ0v) is 16.1. The van der Waals surface area contributed by atoms with E-state index in [1.807, 2.05) is 48.5 Å². The summed E-state index contributed by atoms with van der Waals surface area (Å²) in [5.74, 6) is 1.66. The van der Waals surface area contributed by atoms with Gasteiger partial charge in [-0.25, -0.2) is 0 Å². The molecule has 0 fully saturated rings. The van der Waals surface area contributed by atoms with Gasteiger partial charge in [0.15, 0.2) is 5.78 Å². The third-order valence-corrected chi connectivity index (χ3v) is 5.22. The van der Waals surface area contributed by atoms with E-state index in [1.165, 1.54) is 5.56 Å². The first-order valence-electron chi connectivity index (χ1n) is 9.36. The summed E-state index contributed by atoms with van der Waals surface area (Å²) in [6.45, 7) is 0. The van der Waals surface area contributed by atoms with Crippen LogP contribution in [0.4, 0.5) is 0 Å². The van der Waals surface area contributed by atoms with Crippen molar-refractivity contribution in [3.8, 4) is 11.5 Å². The summed E-state index contributed by atoms with van der Waals surface area (Å²) in [4.78, 5) is 13.4. The molecular formula is C25H22O3. The lowest BCUT2D eigenvalue weighted by Crippen LogP contribution is -2.14. The van der Waals surface area contributed by atoms with Crippen LogP contribution in [0.3, 0.4) is 0 Å². The average molecular weight is 370 g/mol. The zero-order valence-electron chi connectivity index (χ0n) is 16.1. The fourth-order valence-corrected chi connectivity index (χ4v) is 3.77. The van der Waals surface area contributed by atoms with E-state index < -0.39 is 0 Å². The topological polar surface area (TPSA) is 35.5 Å². The van der Waals surface area contributed by atoms with E-state index in [4.69, 9.17) is 9.47 Å². The van der Waals surface area contributed by atoms with Gasteiger partial charge in [-0.15, -0.1) is 0 Å². The van der Waals surface area contributed by atoms with Crippen molar-refractivity contribution in [1.82, 2.24) is 0 Å². The Morgan fingerprint density at radius 1 is 0.786 bits per heavy atom. The second-order valence-corrected chi connectivity index (χ2v) is 6.80. The van der Waals surface area contributed by atoms with Crippen LogP contribution >= 0.6 is 0 Å². The molecule has 0 saturated heterocycles. The number of carbonyl (C=O) groups is 1. The maximum atomic E-state index is 13.4. The molecule has 4 rings (SSSR count). The maximum Gasteiger partial charge on any atom is 0.189 e. The van der Waals surface area contributed by atoms with Gasteiger partial charge in [0, 0.05) is 11.1 Å². The summed E-state index contributed by atoms with van der Waals surface area (Å²) >= 11 is 0. The van der Waals surface area contributed by atoms with Gasteiger partial charge in [-0.1, -0.05) is 36.4 Å². The van der Waals surface area contributed by atoms with Gasteiger partial charge in [0.05, 0.1) is 14.2 Å². The fourth-order valence-electron chi connectivity index (χ4n) is 3.77. The van der Waals surface area contributed by atoms with Crippen LogP contribution in [-0.2, 0) is 6.42 Å². The summed E-state index contributed by atoms with van der Waals surface area (Å²) in [7, 11) is 3.30. The summed E-state index contributed by atoms with van der Waals surface area (Å²) in [5.41, 5.74) is 5.94. The SMILES string of the molecule is COc1ccc(C(=O)C2=C(c3ccccc3)c3ccc(OC)cc3CC2)cc1. The standard InChI is InChI=1S/C25H22O3/c1-27-20-11-8-18(9-12-20)25(26)23-14-10-19-16-21(28-2)13-15-22(19)24(23)17-6-4-3-5-7-17/h3-9,11-13,15-16H,10,14H2,1-2H3. The highest BCUT2D eigenvalue weighted by Gasteiger charge is 2.25.